The van der Waals surface area contributed by atoms with E-state index in [1.165, 1.54) is 18.2 Å². The summed E-state index contributed by atoms with van der Waals surface area (Å²) >= 11 is 4.71. The monoisotopic (exact) mass is 487 g/mol. The van der Waals surface area contributed by atoms with Crippen LogP contribution in [0.5, 0.6) is 0 Å². The molecule has 32 heavy (non-hydrogen) atoms. The first-order chi connectivity index (χ1) is 15.1. The molecule has 0 spiro atoms. The Morgan fingerprint density at radius 2 is 1.75 bits per heavy atom. The normalized spacial score (nSPS) is 27.9. The molecule has 5 atom stereocenters. The first-order valence-corrected chi connectivity index (χ1v) is 11.7. The highest BCUT2D eigenvalue weighted by Gasteiger charge is 2.54. The van der Waals surface area contributed by atoms with E-state index >= 15 is 0 Å². The fourth-order valence-corrected chi connectivity index (χ4v) is 7.20. The number of carbonyl (C=O) groups excluding carboxylic acids is 1. The van der Waals surface area contributed by atoms with Gasteiger partial charge in [-0.25, -0.2) is 13.2 Å². The van der Waals surface area contributed by atoms with Gasteiger partial charge in [0.15, 0.2) is 22.3 Å². The van der Waals surface area contributed by atoms with Crippen LogP contribution < -0.4 is 5.32 Å². The Bertz CT molecular complexity index is 1020. The summed E-state index contributed by atoms with van der Waals surface area (Å²) in [5, 5.41) is 22.2. The fourth-order valence-electron chi connectivity index (χ4n) is 4.89. The first-order valence-electron chi connectivity index (χ1n) is 10.1. The number of hydrogen-bond acceptors (Lipinski definition) is 4. The van der Waals surface area contributed by atoms with Crippen LogP contribution in [-0.2, 0) is 11.2 Å². The summed E-state index contributed by atoms with van der Waals surface area (Å²) in [6, 6.07) is 5.50. The number of aliphatic hydroxyl groups excluding tert-OH is 1. The van der Waals surface area contributed by atoms with Crippen LogP contribution in [0, 0.1) is 29.3 Å². The van der Waals surface area contributed by atoms with E-state index in [2.05, 4.69) is 5.32 Å². The number of hydrogen-bond donors (Lipinski definition) is 3. The Morgan fingerprint density at radius 3 is 2.31 bits per heavy atom. The lowest BCUT2D eigenvalue weighted by Crippen LogP contribution is -2.48. The molecule has 2 bridgehead atoms. The largest absolute Gasteiger partial charge is 0.611 e. The Morgan fingerprint density at radius 1 is 1.16 bits per heavy atom. The minimum absolute atomic E-state index is 0.0505. The zero-order chi connectivity index (χ0) is 23.2. The molecule has 2 fully saturated rings. The number of amides is 1. The van der Waals surface area contributed by atoms with Crippen molar-refractivity contribution < 1.29 is 32.7 Å². The minimum atomic E-state index is -1.64. The van der Waals surface area contributed by atoms with Crippen molar-refractivity contribution in [3.05, 3.63) is 58.4 Å². The Labute approximate surface area is 190 Å². The van der Waals surface area contributed by atoms with Gasteiger partial charge in [-0.3, -0.25) is 4.79 Å². The van der Waals surface area contributed by atoms with E-state index in [9.17, 15) is 32.7 Å². The SMILES string of the molecule is O=C(Nc1cc(F)c(F)c(F)c1)c1ccc(Cl)c([S+]([O-])[C@H]2C3CC[C@H]2C[C@](O)(CO)C3)c1. The second-order valence-electron chi connectivity index (χ2n) is 8.50. The summed E-state index contributed by atoms with van der Waals surface area (Å²) in [5.74, 6) is -5.34. The molecule has 5 nitrogen and oxygen atoms in total. The van der Waals surface area contributed by atoms with Gasteiger partial charge in [0.1, 0.15) is 5.25 Å². The van der Waals surface area contributed by atoms with E-state index in [0.29, 0.717) is 25.0 Å². The molecule has 2 aromatic carbocycles. The highest BCUT2D eigenvalue weighted by Crippen LogP contribution is 2.51. The van der Waals surface area contributed by atoms with Crippen LogP contribution >= 0.6 is 11.6 Å². The van der Waals surface area contributed by atoms with E-state index in [4.69, 9.17) is 11.6 Å². The molecule has 2 aliphatic rings. The van der Waals surface area contributed by atoms with E-state index in [0.717, 1.165) is 12.8 Å². The molecule has 0 aliphatic heterocycles. The standard InChI is InChI=1S/C22H21ClF3NO4S/c23-15-4-3-11(21(29)27-14-6-16(24)19(26)17(25)7-14)5-18(15)32(31)20-12-1-2-13(20)9-22(30,8-12)10-28/h3-7,12-13,20,28,30H,1-2,8-10H2,(H,27,29)/t12-,13?,20+,22+,32?/m0/s1. The molecule has 10 heteroatoms. The van der Waals surface area contributed by atoms with Crippen LogP contribution in [-0.4, -0.2) is 38.1 Å². The van der Waals surface area contributed by atoms with Crippen LogP contribution in [0.4, 0.5) is 18.9 Å². The van der Waals surface area contributed by atoms with E-state index < -0.39 is 40.1 Å². The summed E-state index contributed by atoms with van der Waals surface area (Å²) in [4.78, 5) is 12.9. The number of rotatable bonds is 5. The maximum Gasteiger partial charge on any atom is 0.255 e. The van der Waals surface area contributed by atoms with Crippen molar-refractivity contribution in [3.8, 4) is 0 Å². The van der Waals surface area contributed by atoms with Crippen LogP contribution in [0.3, 0.4) is 0 Å². The number of halogens is 4. The molecule has 2 aliphatic carbocycles. The van der Waals surface area contributed by atoms with Crippen molar-refractivity contribution in [2.75, 3.05) is 11.9 Å². The van der Waals surface area contributed by atoms with Crippen molar-refractivity contribution in [2.24, 2.45) is 11.8 Å². The van der Waals surface area contributed by atoms with Gasteiger partial charge in [-0.2, -0.15) is 0 Å². The Kier molecular flexibility index (Phi) is 6.48. The molecule has 0 radical (unpaired) electrons. The summed E-state index contributed by atoms with van der Waals surface area (Å²) in [6.07, 6.45) is 2.25. The molecule has 172 valence electrons. The van der Waals surface area contributed by atoms with Gasteiger partial charge in [-0.05, 0) is 49.0 Å². The van der Waals surface area contributed by atoms with E-state index in [1.807, 2.05) is 0 Å². The lowest BCUT2D eigenvalue weighted by atomic mass is 9.77. The van der Waals surface area contributed by atoms with Crippen molar-refractivity contribution in [1.82, 2.24) is 0 Å². The van der Waals surface area contributed by atoms with Crippen molar-refractivity contribution in [3.63, 3.8) is 0 Å². The number of benzene rings is 2. The van der Waals surface area contributed by atoms with Gasteiger partial charge in [0.25, 0.3) is 5.91 Å². The Hall–Kier alpha value is -1.78. The molecular formula is C22H21ClF3NO4S. The van der Waals surface area contributed by atoms with E-state index in [1.54, 1.807) is 0 Å². The summed E-state index contributed by atoms with van der Waals surface area (Å²) in [6.45, 7) is -0.347. The minimum Gasteiger partial charge on any atom is -0.611 e. The molecular weight excluding hydrogens is 467 g/mol. The summed E-state index contributed by atoms with van der Waals surface area (Å²) < 4.78 is 53.4. The maximum absolute atomic E-state index is 13.5. The van der Waals surface area contributed by atoms with Crippen LogP contribution in [0.15, 0.2) is 35.2 Å². The van der Waals surface area contributed by atoms with Gasteiger partial charge in [0.2, 0.25) is 0 Å². The average Bonchev–Trinajstić information content (AvgIpc) is 3.03. The van der Waals surface area contributed by atoms with Crippen molar-refractivity contribution in [2.45, 2.75) is 41.4 Å². The quantitative estimate of drug-likeness (QED) is 0.438. The molecule has 2 aromatic rings. The highest BCUT2D eigenvalue weighted by atomic mass is 35.5. The van der Waals surface area contributed by atoms with E-state index in [-0.39, 0.29) is 44.9 Å². The van der Waals surface area contributed by atoms with Gasteiger partial charge >= 0.3 is 0 Å². The van der Waals surface area contributed by atoms with Gasteiger partial charge in [0, 0.05) is 41.3 Å². The van der Waals surface area contributed by atoms with Gasteiger partial charge in [0.05, 0.1) is 17.2 Å². The number of fused-ring (bicyclic) bond motifs is 2. The first kappa shape index (κ1) is 23.4. The van der Waals surface area contributed by atoms with Gasteiger partial charge in [-0.1, -0.05) is 11.6 Å². The van der Waals surface area contributed by atoms with Gasteiger partial charge < -0.3 is 20.1 Å². The summed E-state index contributed by atoms with van der Waals surface area (Å²) in [7, 11) is 0. The second-order valence-corrected chi connectivity index (χ2v) is 10.5. The average molecular weight is 488 g/mol. The summed E-state index contributed by atoms with van der Waals surface area (Å²) in [5.41, 5.74) is -1.37. The number of anilines is 1. The smallest absolute Gasteiger partial charge is 0.255 e. The maximum atomic E-state index is 13.5. The predicted octanol–water partition coefficient (Wildman–Crippen LogP) is 4.03. The molecule has 0 aromatic heterocycles. The number of aliphatic hydroxyl groups is 2. The molecule has 4 rings (SSSR count). The third-order valence-corrected chi connectivity index (χ3v) is 8.79. The lowest BCUT2D eigenvalue weighted by Gasteiger charge is -2.40. The van der Waals surface area contributed by atoms with Gasteiger partial charge in [-0.15, -0.1) is 0 Å². The van der Waals surface area contributed by atoms with Crippen LogP contribution in [0.1, 0.15) is 36.0 Å². The third-order valence-electron chi connectivity index (χ3n) is 6.32. The third kappa shape index (κ3) is 4.36. The predicted molar refractivity (Wildman–Crippen MR) is 113 cm³/mol. The second kappa shape index (κ2) is 8.87. The van der Waals surface area contributed by atoms with Crippen molar-refractivity contribution in [1.29, 1.82) is 0 Å². The zero-order valence-corrected chi connectivity index (χ0v) is 18.4. The Balaban J connectivity index is 1.56. The molecule has 2 unspecified atom stereocenters. The van der Waals surface area contributed by atoms with Crippen LogP contribution in [0.2, 0.25) is 5.02 Å². The number of carbonyl (C=O) groups is 1. The molecule has 3 N–H and O–H groups in total. The molecule has 0 saturated heterocycles. The molecule has 0 heterocycles. The lowest BCUT2D eigenvalue weighted by molar-refractivity contribution is -0.0597. The van der Waals surface area contributed by atoms with Crippen molar-refractivity contribution >= 4 is 34.4 Å². The molecule has 2 saturated carbocycles. The highest BCUT2D eigenvalue weighted by molar-refractivity contribution is 7.92. The van der Waals surface area contributed by atoms with Crippen LogP contribution in [0.25, 0.3) is 0 Å². The zero-order valence-electron chi connectivity index (χ0n) is 16.8. The topological polar surface area (TPSA) is 92.6 Å². The fraction of sp³-hybridized carbons (Fsp3) is 0.409. The molecule has 1 amide bonds. The number of nitrogens with one attached hydrogen (secondary N) is 1.